The molecule has 0 unspecified atom stereocenters. The fourth-order valence-electron chi connectivity index (χ4n) is 1.16. The second kappa shape index (κ2) is 3.75. The first-order valence-electron chi connectivity index (χ1n) is 4.62. The van der Waals surface area contributed by atoms with Crippen LogP contribution in [0.2, 0.25) is 0 Å². The van der Waals surface area contributed by atoms with Crippen LogP contribution in [-0.2, 0) is 0 Å². The first-order chi connectivity index (χ1) is 6.81. The van der Waals surface area contributed by atoms with Crippen LogP contribution >= 0.6 is 0 Å². The van der Waals surface area contributed by atoms with Crippen LogP contribution in [0.15, 0.2) is 0 Å². The van der Waals surface area contributed by atoms with E-state index in [1.54, 1.807) is 0 Å². The zero-order chi connectivity index (χ0) is 9.97. The SMILES string of the molecule is O=C(NCCO)c1n[nH]c(C2CC2)n1. The first kappa shape index (κ1) is 9.14. The van der Waals surface area contributed by atoms with Crippen molar-refractivity contribution >= 4 is 5.91 Å². The first-order valence-corrected chi connectivity index (χ1v) is 4.62. The van der Waals surface area contributed by atoms with Gasteiger partial charge in [-0.2, -0.15) is 0 Å². The quantitative estimate of drug-likeness (QED) is 0.600. The average Bonchev–Trinajstić information content (AvgIpc) is 2.93. The predicted octanol–water partition coefficient (Wildman–Crippen LogP) is -0.596. The van der Waals surface area contributed by atoms with Gasteiger partial charge < -0.3 is 10.4 Å². The summed E-state index contributed by atoms with van der Waals surface area (Å²) in [6, 6.07) is 0. The maximum absolute atomic E-state index is 11.3. The van der Waals surface area contributed by atoms with Gasteiger partial charge in [-0.1, -0.05) is 0 Å². The maximum Gasteiger partial charge on any atom is 0.291 e. The lowest BCUT2D eigenvalue weighted by Crippen LogP contribution is -2.27. The van der Waals surface area contributed by atoms with Gasteiger partial charge in [0.2, 0.25) is 5.82 Å². The minimum atomic E-state index is -0.345. The number of amides is 1. The Kier molecular flexibility index (Phi) is 2.45. The third-order valence-electron chi connectivity index (χ3n) is 2.07. The summed E-state index contributed by atoms with van der Waals surface area (Å²) >= 11 is 0. The zero-order valence-corrected chi connectivity index (χ0v) is 7.66. The zero-order valence-electron chi connectivity index (χ0n) is 7.66. The van der Waals surface area contributed by atoms with Crippen molar-refractivity contribution in [3.05, 3.63) is 11.6 Å². The van der Waals surface area contributed by atoms with Gasteiger partial charge in [0, 0.05) is 12.5 Å². The van der Waals surface area contributed by atoms with Crippen LogP contribution in [0.4, 0.5) is 0 Å². The molecule has 0 aliphatic heterocycles. The van der Waals surface area contributed by atoms with E-state index in [1.807, 2.05) is 0 Å². The number of aromatic nitrogens is 3. The minimum Gasteiger partial charge on any atom is -0.395 e. The third kappa shape index (κ3) is 1.90. The Labute approximate surface area is 80.7 Å². The van der Waals surface area contributed by atoms with Crippen molar-refractivity contribution < 1.29 is 9.90 Å². The highest BCUT2D eigenvalue weighted by Gasteiger charge is 2.27. The Morgan fingerprint density at radius 1 is 1.64 bits per heavy atom. The highest BCUT2D eigenvalue weighted by Crippen LogP contribution is 2.37. The predicted molar refractivity (Wildman–Crippen MR) is 47.8 cm³/mol. The van der Waals surface area contributed by atoms with Crippen molar-refractivity contribution in [1.29, 1.82) is 0 Å². The van der Waals surface area contributed by atoms with E-state index in [9.17, 15) is 4.79 Å². The standard InChI is InChI=1S/C8H12N4O2/c13-4-3-9-8(14)7-10-6(11-12-7)5-1-2-5/h5,13H,1-4H2,(H,9,14)(H,10,11,12). The number of carbonyl (C=O) groups excluding carboxylic acids is 1. The van der Waals surface area contributed by atoms with Gasteiger partial charge in [-0.15, -0.1) is 5.10 Å². The number of nitrogens with one attached hydrogen (secondary N) is 2. The number of nitrogens with zero attached hydrogens (tertiary/aromatic N) is 2. The van der Waals surface area contributed by atoms with E-state index in [1.165, 1.54) is 0 Å². The van der Waals surface area contributed by atoms with E-state index in [0.717, 1.165) is 18.7 Å². The fraction of sp³-hybridized carbons (Fsp3) is 0.625. The lowest BCUT2D eigenvalue weighted by atomic mass is 10.4. The van der Waals surface area contributed by atoms with Crippen LogP contribution in [0.1, 0.15) is 35.2 Å². The Hall–Kier alpha value is -1.43. The maximum atomic E-state index is 11.3. The highest BCUT2D eigenvalue weighted by molar-refractivity contribution is 5.90. The van der Waals surface area contributed by atoms with Gasteiger partial charge in [0.05, 0.1) is 6.61 Å². The van der Waals surface area contributed by atoms with Gasteiger partial charge >= 0.3 is 0 Å². The Bertz CT molecular complexity index is 332. The number of carbonyl (C=O) groups is 1. The van der Waals surface area contributed by atoms with E-state index >= 15 is 0 Å². The molecule has 76 valence electrons. The normalized spacial score (nSPS) is 15.5. The van der Waals surface area contributed by atoms with Crippen molar-refractivity contribution in [2.45, 2.75) is 18.8 Å². The van der Waals surface area contributed by atoms with Crippen molar-refractivity contribution in [3.8, 4) is 0 Å². The van der Waals surface area contributed by atoms with Crippen molar-refractivity contribution in [2.75, 3.05) is 13.2 Å². The van der Waals surface area contributed by atoms with Crippen LogP contribution in [-0.4, -0.2) is 39.3 Å². The van der Waals surface area contributed by atoms with Crippen LogP contribution in [0.5, 0.6) is 0 Å². The molecule has 14 heavy (non-hydrogen) atoms. The summed E-state index contributed by atoms with van der Waals surface area (Å²) in [4.78, 5) is 15.4. The molecule has 0 spiro atoms. The molecular weight excluding hydrogens is 184 g/mol. The van der Waals surface area contributed by atoms with E-state index in [0.29, 0.717) is 5.92 Å². The molecular formula is C8H12N4O2. The molecule has 6 nitrogen and oxygen atoms in total. The molecule has 1 aliphatic carbocycles. The molecule has 0 saturated heterocycles. The molecule has 3 N–H and O–H groups in total. The smallest absolute Gasteiger partial charge is 0.291 e. The van der Waals surface area contributed by atoms with Gasteiger partial charge in [0.15, 0.2) is 0 Å². The number of hydrogen-bond acceptors (Lipinski definition) is 4. The van der Waals surface area contributed by atoms with E-state index in [-0.39, 0.29) is 24.9 Å². The second-order valence-corrected chi connectivity index (χ2v) is 3.30. The summed E-state index contributed by atoms with van der Waals surface area (Å²) in [6.07, 6.45) is 2.24. The molecule has 1 aromatic rings. The van der Waals surface area contributed by atoms with Gasteiger partial charge in [-0.25, -0.2) is 4.98 Å². The molecule has 1 heterocycles. The van der Waals surface area contributed by atoms with Crippen LogP contribution in [0.25, 0.3) is 0 Å². The fourth-order valence-corrected chi connectivity index (χ4v) is 1.16. The Morgan fingerprint density at radius 2 is 2.43 bits per heavy atom. The summed E-state index contributed by atoms with van der Waals surface area (Å²) in [5, 5.41) is 17.5. The minimum absolute atomic E-state index is 0.0777. The number of aliphatic hydroxyl groups is 1. The van der Waals surface area contributed by atoms with Gasteiger partial charge in [0.1, 0.15) is 5.82 Å². The molecule has 1 amide bonds. The lowest BCUT2D eigenvalue weighted by molar-refractivity contribution is 0.0934. The molecule has 6 heteroatoms. The van der Waals surface area contributed by atoms with Crippen LogP contribution < -0.4 is 5.32 Å². The van der Waals surface area contributed by atoms with Crippen LogP contribution in [0.3, 0.4) is 0 Å². The summed E-state index contributed by atoms with van der Waals surface area (Å²) in [6.45, 7) is 0.151. The highest BCUT2D eigenvalue weighted by atomic mass is 16.3. The number of rotatable bonds is 4. The van der Waals surface area contributed by atoms with Crippen molar-refractivity contribution in [2.24, 2.45) is 0 Å². The van der Waals surface area contributed by atoms with Gasteiger partial charge in [0.25, 0.3) is 5.91 Å². The average molecular weight is 196 g/mol. The molecule has 1 aromatic heterocycles. The summed E-state index contributed by atoms with van der Waals surface area (Å²) in [5.41, 5.74) is 0. The monoisotopic (exact) mass is 196 g/mol. The summed E-state index contributed by atoms with van der Waals surface area (Å²) in [7, 11) is 0. The number of H-pyrrole nitrogens is 1. The van der Waals surface area contributed by atoms with Crippen LogP contribution in [0, 0.1) is 0 Å². The Balaban J connectivity index is 1.97. The molecule has 0 aromatic carbocycles. The van der Waals surface area contributed by atoms with E-state index in [4.69, 9.17) is 5.11 Å². The molecule has 2 rings (SSSR count). The largest absolute Gasteiger partial charge is 0.395 e. The van der Waals surface area contributed by atoms with Gasteiger partial charge in [-0.3, -0.25) is 9.89 Å². The molecule has 1 fully saturated rings. The summed E-state index contributed by atoms with van der Waals surface area (Å²) < 4.78 is 0. The number of aliphatic hydroxyl groups excluding tert-OH is 1. The second-order valence-electron chi connectivity index (χ2n) is 3.30. The van der Waals surface area contributed by atoms with E-state index in [2.05, 4.69) is 20.5 Å². The van der Waals surface area contributed by atoms with Gasteiger partial charge in [-0.05, 0) is 12.8 Å². The number of aromatic amines is 1. The van der Waals surface area contributed by atoms with E-state index < -0.39 is 0 Å². The topological polar surface area (TPSA) is 90.9 Å². The molecule has 0 radical (unpaired) electrons. The van der Waals surface area contributed by atoms with Crippen molar-refractivity contribution in [1.82, 2.24) is 20.5 Å². The summed E-state index contributed by atoms with van der Waals surface area (Å²) in [5.74, 6) is 1.06. The molecule has 0 atom stereocenters. The molecule has 1 aliphatic rings. The number of hydrogen-bond donors (Lipinski definition) is 3. The Morgan fingerprint density at radius 3 is 3.07 bits per heavy atom. The third-order valence-corrected chi connectivity index (χ3v) is 2.07. The van der Waals surface area contributed by atoms with Crippen molar-refractivity contribution in [3.63, 3.8) is 0 Å². The molecule has 1 saturated carbocycles. The lowest BCUT2D eigenvalue weighted by Gasteiger charge is -1.96. The molecule has 0 bridgehead atoms.